The molecule has 1 heterocycles. The number of nitrogens with one attached hydrogen (secondary N) is 1. The Morgan fingerprint density at radius 2 is 2.19 bits per heavy atom. The molecule has 1 aromatic carbocycles. The zero-order chi connectivity index (χ0) is 15.1. The summed E-state index contributed by atoms with van der Waals surface area (Å²) in [6.45, 7) is 3.02. The SMILES string of the molecule is CCCNC(CSc1cccc(Br)c1)c1cncc(F)c1. The van der Waals surface area contributed by atoms with Crippen LogP contribution in [-0.2, 0) is 0 Å². The molecule has 21 heavy (non-hydrogen) atoms. The minimum Gasteiger partial charge on any atom is -0.309 e. The van der Waals surface area contributed by atoms with Crippen LogP contribution in [0.2, 0.25) is 0 Å². The van der Waals surface area contributed by atoms with Crippen molar-refractivity contribution < 1.29 is 4.39 Å². The fourth-order valence-corrected chi connectivity index (χ4v) is 3.55. The molecule has 0 radical (unpaired) electrons. The Kier molecular flexibility index (Phi) is 6.67. The number of thioether (sulfide) groups is 1. The normalized spacial score (nSPS) is 12.3. The second kappa shape index (κ2) is 8.51. The van der Waals surface area contributed by atoms with E-state index in [1.54, 1.807) is 24.0 Å². The molecule has 0 aliphatic carbocycles. The van der Waals surface area contributed by atoms with Crippen LogP contribution in [0.5, 0.6) is 0 Å². The van der Waals surface area contributed by atoms with Crippen LogP contribution in [0.25, 0.3) is 0 Å². The van der Waals surface area contributed by atoms with Crippen molar-refractivity contribution in [3.05, 3.63) is 58.6 Å². The van der Waals surface area contributed by atoms with E-state index < -0.39 is 0 Å². The van der Waals surface area contributed by atoms with Gasteiger partial charge in [-0.1, -0.05) is 28.9 Å². The van der Waals surface area contributed by atoms with Crippen molar-refractivity contribution in [2.75, 3.05) is 12.3 Å². The lowest BCUT2D eigenvalue weighted by Crippen LogP contribution is -2.24. The number of nitrogens with zero attached hydrogens (tertiary/aromatic N) is 1. The summed E-state index contributed by atoms with van der Waals surface area (Å²) in [6, 6.07) is 9.85. The first kappa shape index (κ1) is 16.5. The van der Waals surface area contributed by atoms with Gasteiger partial charge in [0.1, 0.15) is 5.82 Å². The summed E-state index contributed by atoms with van der Waals surface area (Å²) >= 11 is 5.23. The van der Waals surface area contributed by atoms with E-state index in [9.17, 15) is 4.39 Å². The zero-order valence-electron chi connectivity index (χ0n) is 11.9. The molecular weight excluding hydrogens is 351 g/mol. The van der Waals surface area contributed by atoms with Gasteiger partial charge in [0.2, 0.25) is 0 Å². The van der Waals surface area contributed by atoms with Crippen molar-refractivity contribution in [3.8, 4) is 0 Å². The van der Waals surface area contributed by atoms with E-state index in [1.165, 1.54) is 11.1 Å². The van der Waals surface area contributed by atoms with Gasteiger partial charge < -0.3 is 5.32 Å². The largest absolute Gasteiger partial charge is 0.309 e. The number of rotatable bonds is 7. The van der Waals surface area contributed by atoms with Crippen molar-refractivity contribution in [2.24, 2.45) is 0 Å². The minimum atomic E-state index is -0.289. The molecule has 2 nitrogen and oxygen atoms in total. The molecule has 1 N–H and O–H groups in total. The first-order chi connectivity index (χ1) is 10.2. The zero-order valence-corrected chi connectivity index (χ0v) is 14.3. The van der Waals surface area contributed by atoms with Crippen molar-refractivity contribution >= 4 is 27.7 Å². The summed E-state index contributed by atoms with van der Waals surface area (Å²) in [6.07, 6.45) is 4.01. The quantitative estimate of drug-likeness (QED) is 0.709. The van der Waals surface area contributed by atoms with E-state index in [0.29, 0.717) is 0 Å². The van der Waals surface area contributed by atoms with Crippen LogP contribution < -0.4 is 5.32 Å². The Bertz CT molecular complexity index is 580. The Hall–Kier alpha value is -0.910. The number of pyridine rings is 1. The Morgan fingerprint density at radius 1 is 1.33 bits per heavy atom. The van der Waals surface area contributed by atoms with Crippen LogP contribution in [0.3, 0.4) is 0 Å². The summed E-state index contributed by atoms with van der Waals surface area (Å²) in [5, 5.41) is 3.46. The van der Waals surface area contributed by atoms with E-state index in [0.717, 1.165) is 28.8 Å². The standard InChI is InChI=1S/C16H18BrFN2S/c1-2-6-20-16(12-7-14(18)10-19-9-12)11-21-15-5-3-4-13(17)8-15/h3-5,7-10,16,20H,2,6,11H2,1H3. The molecule has 0 amide bonds. The van der Waals surface area contributed by atoms with Gasteiger partial charge in [0.05, 0.1) is 6.20 Å². The van der Waals surface area contributed by atoms with Gasteiger partial charge in [-0.3, -0.25) is 4.98 Å². The molecular formula is C16H18BrFN2S. The molecule has 0 saturated carbocycles. The molecule has 2 rings (SSSR count). The van der Waals surface area contributed by atoms with Gasteiger partial charge >= 0.3 is 0 Å². The van der Waals surface area contributed by atoms with Crippen molar-refractivity contribution in [1.82, 2.24) is 10.3 Å². The number of hydrogen-bond acceptors (Lipinski definition) is 3. The molecule has 5 heteroatoms. The molecule has 112 valence electrons. The van der Waals surface area contributed by atoms with Crippen LogP contribution in [0.4, 0.5) is 4.39 Å². The predicted octanol–water partition coefficient (Wildman–Crippen LogP) is 4.82. The maximum atomic E-state index is 13.4. The average molecular weight is 369 g/mol. The number of halogens is 2. The third-order valence-corrected chi connectivity index (χ3v) is 4.56. The highest BCUT2D eigenvalue weighted by Crippen LogP contribution is 2.26. The molecule has 2 aromatic rings. The monoisotopic (exact) mass is 368 g/mol. The van der Waals surface area contributed by atoms with Crippen LogP contribution in [0.15, 0.2) is 52.1 Å². The first-order valence-corrected chi connectivity index (χ1v) is 8.69. The van der Waals surface area contributed by atoms with Crippen LogP contribution in [0.1, 0.15) is 24.9 Å². The molecule has 1 unspecified atom stereocenters. The molecule has 0 aliphatic heterocycles. The molecule has 0 fully saturated rings. The lowest BCUT2D eigenvalue weighted by molar-refractivity contribution is 0.564. The second-order valence-corrected chi connectivity index (χ2v) is 6.72. The predicted molar refractivity (Wildman–Crippen MR) is 90.1 cm³/mol. The van der Waals surface area contributed by atoms with Crippen molar-refractivity contribution in [1.29, 1.82) is 0 Å². The number of aromatic nitrogens is 1. The lowest BCUT2D eigenvalue weighted by atomic mass is 10.1. The van der Waals surface area contributed by atoms with Gasteiger partial charge in [-0.15, -0.1) is 11.8 Å². The van der Waals surface area contributed by atoms with E-state index in [-0.39, 0.29) is 11.9 Å². The average Bonchev–Trinajstić information content (AvgIpc) is 2.47. The second-order valence-electron chi connectivity index (χ2n) is 4.71. The summed E-state index contributed by atoms with van der Waals surface area (Å²) < 4.78 is 14.4. The highest BCUT2D eigenvalue weighted by molar-refractivity contribution is 9.10. The summed E-state index contributed by atoms with van der Waals surface area (Å²) in [7, 11) is 0. The van der Waals surface area contributed by atoms with E-state index in [1.807, 2.05) is 12.1 Å². The number of hydrogen-bond donors (Lipinski definition) is 1. The summed E-state index contributed by atoms with van der Waals surface area (Å²) in [4.78, 5) is 5.14. The highest BCUT2D eigenvalue weighted by atomic mass is 79.9. The van der Waals surface area contributed by atoms with Gasteiger partial charge in [0.15, 0.2) is 0 Å². The fraction of sp³-hybridized carbons (Fsp3) is 0.312. The molecule has 0 aliphatic rings. The summed E-state index contributed by atoms with van der Waals surface area (Å²) in [5.41, 5.74) is 0.894. The molecule has 0 saturated heterocycles. The Morgan fingerprint density at radius 3 is 2.90 bits per heavy atom. The Labute approximate surface area is 137 Å². The highest BCUT2D eigenvalue weighted by Gasteiger charge is 2.12. The van der Waals surface area contributed by atoms with Crippen molar-refractivity contribution in [2.45, 2.75) is 24.3 Å². The minimum absolute atomic E-state index is 0.0946. The van der Waals surface area contributed by atoms with Gasteiger partial charge in [0, 0.05) is 27.4 Å². The van der Waals surface area contributed by atoms with Gasteiger partial charge in [-0.05, 0) is 42.8 Å². The first-order valence-electron chi connectivity index (χ1n) is 6.91. The van der Waals surface area contributed by atoms with Crippen LogP contribution >= 0.6 is 27.7 Å². The lowest BCUT2D eigenvalue weighted by Gasteiger charge is -2.18. The maximum Gasteiger partial charge on any atom is 0.141 e. The van der Waals surface area contributed by atoms with Gasteiger partial charge in [-0.25, -0.2) is 4.39 Å². The third kappa shape index (κ3) is 5.41. The van der Waals surface area contributed by atoms with Gasteiger partial charge in [0.25, 0.3) is 0 Å². The van der Waals surface area contributed by atoms with Crippen LogP contribution in [0, 0.1) is 5.82 Å². The molecule has 0 bridgehead atoms. The Balaban J connectivity index is 2.06. The smallest absolute Gasteiger partial charge is 0.141 e. The summed E-state index contributed by atoms with van der Waals surface area (Å²) in [5.74, 6) is 0.546. The molecule has 1 aromatic heterocycles. The number of benzene rings is 1. The van der Waals surface area contributed by atoms with Crippen molar-refractivity contribution in [3.63, 3.8) is 0 Å². The molecule has 1 atom stereocenters. The van der Waals surface area contributed by atoms with E-state index in [2.05, 4.69) is 45.3 Å². The van der Waals surface area contributed by atoms with Gasteiger partial charge in [-0.2, -0.15) is 0 Å². The van der Waals surface area contributed by atoms with Crippen LogP contribution in [-0.4, -0.2) is 17.3 Å². The van der Waals surface area contributed by atoms with E-state index in [4.69, 9.17) is 0 Å². The third-order valence-electron chi connectivity index (χ3n) is 2.98. The van der Waals surface area contributed by atoms with E-state index >= 15 is 0 Å². The maximum absolute atomic E-state index is 13.4. The molecule has 0 spiro atoms. The fourth-order valence-electron chi connectivity index (χ4n) is 1.95. The topological polar surface area (TPSA) is 24.9 Å².